The third kappa shape index (κ3) is 1.58. The van der Waals surface area contributed by atoms with Crippen molar-refractivity contribution in [3.8, 4) is 0 Å². The molecule has 0 atom stereocenters. The van der Waals surface area contributed by atoms with Gasteiger partial charge in [0.1, 0.15) is 0 Å². The summed E-state index contributed by atoms with van der Waals surface area (Å²) < 4.78 is 23.7. The van der Waals surface area contributed by atoms with Gasteiger partial charge in [-0.15, -0.1) is 0 Å². The van der Waals surface area contributed by atoms with Crippen LogP contribution >= 0.6 is 0 Å². The number of hydrogen-bond donors (Lipinski definition) is 1. The minimum atomic E-state index is -3.22. The molecular weight excluding hydrogens is 210 g/mol. The van der Waals surface area contributed by atoms with Crippen LogP contribution < -0.4 is 5.73 Å². The third-order valence-corrected chi connectivity index (χ3v) is 5.69. The average molecular weight is 225 g/mol. The third-order valence-electron chi connectivity index (χ3n) is 3.08. The van der Waals surface area contributed by atoms with E-state index in [0.717, 1.165) is 5.56 Å². The topological polar surface area (TPSA) is 60.2 Å². The Morgan fingerprint density at radius 3 is 2.20 bits per heavy atom. The van der Waals surface area contributed by atoms with E-state index in [1.54, 1.807) is 12.1 Å². The summed E-state index contributed by atoms with van der Waals surface area (Å²) >= 11 is 0. The molecule has 15 heavy (non-hydrogen) atoms. The molecule has 1 aliphatic rings. The summed E-state index contributed by atoms with van der Waals surface area (Å²) in [7, 11) is -3.22. The van der Waals surface area contributed by atoms with Gasteiger partial charge in [-0.05, 0) is 31.9 Å². The lowest BCUT2D eigenvalue weighted by Gasteiger charge is -2.13. The highest BCUT2D eigenvalue weighted by Gasteiger charge is 2.53. The Hall–Kier alpha value is -0.870. The molecule has 0 aliphatic heterocycles. The van der Waals surface area contributed by atoms with Crippen molar-refractivity contribution in [3.63, 3.8) is 0 Å². The second-order valence-corrected chi connectivity index (χ2v) is 6.55. The number of nitrogens with two attached hydrogens (primary N) is 1. The summed E-state index contributed by atoms with van der Waals surface area (Å²) in [6.07, 6.45) is 1.39. The highest BCUT2D eigenvalue weighted by molar-refractivity contribution is 7.93. The summed E-state index contributed by atoms with van der Waals surface area (Å²) in [5.41, 5.74) is 6.60. The van der Waals surface area contributed by atoms with Gasteiger partial charge < -0.3 is 5.73 Å². The Morgan fingerprint density at radius 1 is 1.27 bits per heavy atom. The molecule has 0 amide bonds. The van der Waals surface area contributed by atoms with Crippen molar-refractivity contribution in [2.75, 3.05) is 6.54 Å². The molecule has 0 radical (unpaired) electrons. The molecule has 82 valence electrons. The molecular formula is C11H15NO2S. The lowest BCUT2D eigenvalue weighted by atomic mass is 10.2. The molecule has 0 aromatic heterocycles. The van der Waals surface area contributed by atoms with Crippen LogP contribution in [0.15, 0.2) is 29.2 Å². The van der Waals surface area contributed by atoms with E-state index in [4.69, 9.17) is 5.73 Å². The molecule has 1 aliphatic carbocycles. The minimum absolute atomic E-state index is 0.225. The fourth-order valence-electron chi connectivity index (χ4n) is 1.69. The second kappa shape index (κ2) is 3.32. The van der Waals surface area contributed by atoms with E-state index in [9.17, 15) is 8.42 Å². The first kappa shape index (κ1) is 10.6. The Labute approximate surface area is 90.2 Å². The highest BCUT2D eigenvalue weighted by atomic mass is 32.2. The molecule has 1 aromatic rings. The van der Waals surface area contributed by atoms with Gasteiger partial charge in [-0.2, -0.15) is 0 Å². The van der Waals surface area contributed by atoms with Gasteiger partial charge in [0, 0.05) is 6.54 Å². The Bertz CT molecular complexity index is 458. The smallest absolute Gasteiger partial charge is 0.185 e. The first-order valence-electron chi connectivity index (χ1n) is 5.03. The molecule has 1 saturated carbocycles. The first-order valence-corrected chi connectivity index (χ1v) is 6.52. The summed E-state index contributed by atoms with van der Waals surface area (Å²) in [6, 6.07) is 6.97. The Kier molecular flexibility index (Phi) is 2.35. The summed E-state index contributed by atoms with van der Waals surface area (Å²) in [5, 5.41) is 0. The van der Waals surface area contributed by atoms with Crippen LogP contribution in [-0.4, -0.2) is 19.7 Å². The number of rotatable bonds is 3. The summed E-state index contributed by atoms with van der Waals surface area (Å²) in [5.74, 6) is 0. The van der Waals surface area contributed by atoms with E-state index >= 15 is 0 Å². The Morgan fingerprint density at radius 2 is 1.80 bits per heavy atom. The van der Waals surface area contributed by atoms with Gasteiger partial charge in [-0.3, -0.25) is 0 Å². The number of hydrogen-bond acceptors (Lipinski definition) is 3. The van der Waals surface area contributed by atoms with Gasteiger partial charge in [0.25, 0.3) is 0 Å². The van der Waals surface area contributed by atoms with Gasteiger partial charge in [0.2, 0.25) is 0 Å². The fraction of sp³-hybridized carbons (Fsp3) is 0.455. The largest absolute Gasteiger partial charge is 0.329 e. The van der Waals surface area contributed by atoms with Crippen LogP contribution in [0.25, 0.3) is 0 Å². The van der Waals surface area contributed by atoms with Crippen molar-refractivity contribution in [1.82, 2.24) is 0 Å². The van der Waals surface area contributed by atoms with Gasteiger partial charge in [0.15, 0.2) is 9.84 Å². The zero-order valence-corrected chi connectivity index (χ0v) is 9.55. The van der Waals surface area contributed by atoms with E-state index in [1.807, 2.05) is 19.1 Å². The first-order chi connectivity index (χ1) is 7.02. The molecule has 4 heteroatoms. The zero-order valence-electron chi connectivity index (χ0n) is 8.73. The normalized spacial score (nSPS) is 18.8. The monoisotopic (exact) mass is 225 g/mol. The lowest BCUT2D eigenvalue weighted by molar-refractivity contribution is 0.577. The van der Waals surface area contributed by atoms with E-state index in [1.165, 1.54) is 0 Å². The van der Waals surface area contributed by atoms with E-state index in [0.29, 0.717) is 17.7 Å². The molecule has 0 spiro atoms. The molecule has 0 unspecified atom stereocenters. The van der Waals surface area contributed by atoms with Crippen molar-refractivity contribution in [2.45, 2.75) is 29.4 Å². The van der Waals surface area contributed by atoms with Gasteiger partial charge in [0.05, 0.1) is 9.64 Å². The number of sulfone groups is 1. The molecule has 0 saturated heterocycles. The maximum absolute atomic E-state index is 12.2. The molecule has 1 fully saturated rings. The van der Waals surface area contributed by atoms with Crippen LogP contribution in [0.3, 0.4) is 0 Å². The second-order valence-electron chi connectivity index (χ2n) is 4.20. The molecule has 2 N–H and O–H groups in total. The average Bonchev–Trinajstić information content (AvgIpc) is 2.99. The van der Waals surface area contributed by atoms with Crippen LogP contribution in [0.4, 0.5) is 0 Å². The van der Waals surface area contributed by atoms with E-state index in [-0.39, 0.29) is 6.54 Å². The highest BCUT2D eigenvalue weighted by Crippen LogP contribution is 2.45. The van der Waals surface area contributed by atoms with Crippen LogP contribution in [0.1, 0.15) is 18.4 Å². The van der Waals surface area contributed by atoms with E-state index < -0.39 is 14.6 Å². The molecule has 1 aromatic carbocycles. The van der Waals surface area contributed by atoms with Gasteiger partial charge in [-0.25, -0.2) is 8.42 Å². The summed E-state index contributed by atoms with van der Waals surface area (Å²) in [6.45, 7) is 2.16. The standard InChI is InChI=1S/C11H15NO2S/c1-9-2-4-10(5-3-9)15(13,14)11(8-12)6-7-11/h2-5H,6-8,12H2,1H3. The van der Waals surface area contributed by atoms with Crippen molar-refractivity contribution < 1.29 is 8.42 Å². The quantitative estimate of drug-likeness (QED) is 0.842. The fourth-order valence-corrected chi connectivity index (χ4v) is 3.54. The molecule has 0 heterocycles. The predicted octanol–water partition coefficient (Wildman–Crippen LogP) is 1.26. The van der Waals surface area contributed by atoms with Crippen molar-refractivity contribution >= 4 is 9.84 Å². The minimum Gasteiger partial charge on any atom is -0.329 e. The van der Waals surface area contributed by atoms with Crippen LogP contribution in [0.2, 0.25) is 0 Å². The maximum atomic E-state index is 12.2. The lowest BCUT2D eigenvalue weighted by Crippen LogP contribution is -2.31. The zero-order chi connectivity index (χ0) is 11.1. The SMILES string of the molecule is Cc1ccc(S(=O)(=O)C2(CN)CC2)cc1. The van der Waals surface area contributed by atoms with E-state index in [2.05, 4.69) is 0 Å². The molecule has 0 bridgehead atoms. The Balaban J connectivity index is 2.43. The van der Waals surface area contributed by atoms with Gasteiger partial charge >= 0.3 is 0 Å². The predicted molar refractivity (Wildman–Crippen MR) is 59.4 cm³/mol. The van der Waals surface area contributed by atoms with Crippen LogP contribution in [-0.2, 0) is 9.84 Å². The molecule has 2 rings (SSSR count). The van der Waals surface area contributed by atoms with Crippen molar-refractivity contribution in [2.24, 2.45) is 5.73 Å². The van der Waals surface area contributed by atoms with Crippen molar-refractivity contribution in [3.05, 3.63) is 29.8 Å². The maximum Gasteiger partial charge on any atom is 0.185 e. The van der Waals surface area contributed by atoms with Crippen LogP contribution in [0, 0.1) is 6.92 Å². The number of benzene rings is 1. The summed E-state index contributed by atoms with van der Waals surface area (Å²) in [4.78, 5) is 0.399. The van der Waals surface area contributed by atoms with Crippen LogP contribution in [0.5, 0.6) is 0 Å². The number of aryl methyl sites for hydroxylation is 1. The van der Waals surface area contributed by atoms with Gasteiger partial charge in [-0.1, -0.05) is 17.7 Å². The van der Waals surface area contributed by atoms with Crippen molar-refractivity contribution in [1.29, 1.82) is 0 Å². The molecule has 3 nitrogen and oxygen atoms in total.